The maximum Gasteiger partial charge on any atom is 0.416 e. The average molecular weight is 564 g/mol. The lowest BCUT2D eigenvalue weighted by Crippen LogP contribution is -2.45. The third kappa shape index (κ3) is 6.12. The van der Waals surface area contributed by atoms with Gasteiger partial charge in [-0.1, -0.05) is 18.2 Å². The summed E-state index contributed by atoms with van der Waals surface area (Å²) in [5.74, 6) is -2.84. The summed E-state index contributed by atoms with van der Waals surface area (Å²) in [7, 11) is 0. The van der Waals surface area contributed by atoms with E-state index in [1.54, 1.807) is 0 Å². The number of halogens is 3. The SMILES string of the molecule is NC(=O)c1nsc(C(=O)N(c2cccc(C(F)(F)F)c2)C(C(=O)NCC2CCCO2)c2ccc(O)cc2)c1N. The first-order valence-electron chi connectivity index (χ1n) is 11.7. The van der Waals surface area contributed by atoms with Crippen LogP contribution < -0.4 is 21.7 Å². The van der Waals surface area contributed by atoms with Crippen molar-refractivity contribution in [1.29, 1.82) is 0 Å². The molecular weight excluding hydrogens is 539 g/mol. The number of hydrogen-bond acceptors (Lipinski definition) is 8. The van der Waals surface area contributed by atoms with Crippen molar-refractivity contribution in [2.75, 3.05) is 23.8 Å². The first-order valence-corrected chi connectivity index (χ1v) is 12.5. The van der Waals surface area contributed by atoms with Gasteiger partial charge in [-0.05, 0) is 60.3 Å². The number of alkyl halides is 3. The van der Waals surface area contributed by atoms with Crippen molar-refractivity contribution in [3.63, 3.8) is 0 Å². The van der Waals surface area contributed by atoms with Gasteiger partial charge in [0.1, 0.15) is 16.7 Å². The molecular formula is C25H24F3N5O5S. The van der Waals surface area contributed by atoms with Gasteiger partial charge in [-0.15, -0.1) is 0 Å². The monoisotopic (exact) mass is 563 g/mol. The Hall–Kier alpha value is -4.17. The molecule has 2 unspecified atom stereocenters. The molecule has 1 saturated heterocycles. The summed E-state index contributed by atoms with van der Waals surface area (Å²) < 4.78 is 50.2. The van der Waals surface area contributed by atoms with Crippen molar-refractivity contribution >= 4 is 40.6 Å². The Morgan fingerprint density at radius 1 is 1.21 bits per heavy atom. The quantitative estimate of drug-likeness (QED) is 0.327. The Morgan fingerprint density at radius 3 is 2.51 bits per heavy atom. The molecule has 0 aliphatic carbocycles. The molecule has 0 radical (unpaired) electrons. The van der Waals surface area contributed by atoms with Crippen LogP contribution in [0, 0.1) is 0 Å². The molecule has 1 aliphatic rings. The van der Waals surface area contributed by atoms with E-state index in [0.717, 1.165) is 29.5 Å². The van der Waals surface area contributed by atoms with Gasteiger partial charge in [0.2, 0.25) is 5.91 Å². The van der Waals surface area contributed by atoms with Crippen molar-refractivity contribution in [2.45, 2.75) is 31.2 Å². The van der Waals surface area contributed by atoms with Gasteiger partial charge in [0.25, 0.3) is 11.8 Å². The normalized spacial score (nSPS) is 16.0. The molecule has 2 atom stereocenters. The summed E-state index contributed by atoms with van der Waals surface area (Å²) in [6, 6.07) is 7.65. The zero-order valence-electron chi connectivity index (χ0n) is 20.3. The largest absolute Gasteiger partial charge is 0.508 e. The number of carbonyl (C=O) groups excluding carboxylic acids is 3. The molecule has 1 aromatic heterocycles. The fourth-order valence-corrected chi connectivity index (χ4v) is 4.89. The number of ether oxygens (including phenoxy) is 1. The molecule has 206 valence electrons. The van der Waals surface area contributed by atoms with E-state index in [1.165, 1.54) is 30.3 Å². The number of nitrogens with one attached hydrogen (secondary N) is 1. The van der Waals surface area contributed by atoms with E-state index in [4.69, 9.17) is 16.2 Å². The summed E-state index contributed by atoms with van der Waals surface area (Å²) in [5.41, 5.74) is 9.35. The number of nitrogen functional groups attached to an aromatic ring is 1. The van der Waals surface area contributed by atoms with Crippen LogP contribution in [0.3, 0.4) is 0 Å². The standard InChI is InChI=1S/C25H24F3N5O5S/c26-25(27,28)14-3-1-4-15(11-14)33(24(37)21-18(29)19(22(30)35)32-39-21)20(13-6-8-16(34)9-7-13)23(36)31-12-17-5-2-10-38-17/h1,3-4,6-9,11,17,20,34H,2,5,10,12,29H2,(H2,30,35)(H,31,36). The van der Waals surface area contributed by atoms with E-state index >= 15 is 0 Å². The van der Waals surface area contributed by atoms with Gasteiger partial charge in [0, 0.05) is 18.8 Å². The molecule has 0 spiro atoms. The molecule has 10 nitrogen and oxygen atoms in total. The number of aromatic nitrogens is 1. The number of phenolic OH excluding ortho intramolecular Hbond substituents is 1. The number of hydrogen-bond donors (Lipinski definition) is 4. The summed E-state index contributed by atoms with van der Waals surface area (Å²) in [6.07, 6.45) is -3.50. The number of primary amides is 1. The maximum absolute atomic E-state index is 13.9. The van der Waals surface area contributed by atoms with Crippen molar-refractivity contribution in [1.82, 2.24) is 9.69 Å². The van der Waals surface area contributed by atoms with Crippen LogP contribution in [0.1, 0.15) is 50.2 Å². The van der Waals surface area contributed by atoms with E-state index in [1.807, 2.05) is 0 Å². The van der Waals surface area contributed by atoms with E-state index in [2.05, 4.69) is 9.69 Å². The molecule has 1 aliphatic heterocycles. The average Bonchev–Trinajstić information content (AvgIpc) is 3.55. The molecule has 4 rings (SSSR count). The molecule has 0 saturated carbocycles. The lowest BCUT2D eigenvalue weighted by molar-refractivity contribution is -0.137. The predicted octanol–water partition coefficient (Wildman–Crippen LogP) is 3.23. The van der Waals surface area contributed by atoms with Gasteiger partial charge < -0.3 is 26.6 Å². The lowest BCUT2D eigenvalue weighted by Gasteiger charge is -2.32. The van der Waals surface area contributed by atoms with Gasteiger partial charge in [0.05, 0.1) is 17.4 Å². The highest BCUT2D eigenvalue weighted by molar-refractivity contribution is 7.09. The second-order valence-corrected chi connectivity index (χ2v) is 9.51. The Balaban J connectivity index is 1.86. The molecule has 6 N–H and O–H groups in total. The Labute approximate surface area is 224 Å². The minimum absolute atomic E-state index is 0.104. The van der Waals surface area contributed by atoms with Crippen LogP contribution in [-0.4, -0.2) is 46.5 Å². The van der Waals surface area contributed by atoms with Crippen molar-refractivity contribution < 1.29 is 37.4 Å². The lowest BCUT2D eigenvalue weighted by atomic mass is 10.0. The highest BCUT2D eigenvalue weighted by Gasteiger charge is 2.38. The fraction of sp³-hybridized carbons (Fsp3) is 0.280. The Kier molecular flexibility index (Phi) is 8.06. The molecule has 3 aromatic rings. The summed E-state index contributed by atoms with van der Waals surface area (Å²) in [5, 5.41) is 12.5. The topological polar surface area (TPSA) is 161 Å². The number of benzene rings is 2. The number of amides is 3. The van der Waals surface area contributed by atoms with Gasteiger partial charge in [-0.2, -0.15) is 17.5 Å². The minimum Gasteiger partial charge on any atom is -0.508 e. The first kappa shape index (κ1) is 27.9. The Bertz CT molecular complexity index is 1370. The maximum atomic E-state index is 13.9. The smallest absolute Gasteiger partial charge is 0.416 e. The molecule has 14 heteroatoms. The van der Waals surface area contributed by atoms with Crippen LogP contribution in [0.4, 0.5) is 24.5 Å². The van der Waals surface area contributed by atoms with E-state index < -0.39 is 35.5 Å². The van der Waals surface area contributed by atoms with Gasteiger partial charge in [-0.25, -0.2) is 0 Å². The Morgan fingerprint density at radius 2 is 1.92 bits per heavy atom. The van der Waals surface area contributed by atoms with Gasteiger partial charge in [-0.3, -0.25) is 19.3 Å². The first-order chi connectivity index (χ1) is 18.5. The van der Waals surface area contributed by atoms with Crippen LogP contribution in [-0.2, 0) is 15.7 Å². The highest BCUT2D eigenvalue weighted by Crippen LogP contribution is 2.37. The van der Waals surface area contributed by atoms with E-state index in [0.29, 0.717) is 24.6 Å². The summed E-state index contributed by atoms with van der Waals surface area (Å²) >= 11 is 0.525. The summed E-state index contributed by atoms with van der Waals surface area (Å²) in [4.78, 5) is 39.8. The van der Waals surface area contributed by atoms with Crippen LogP contribution in [0.15, 0.2) is 48.5 Å². The van der Waals surface area contributed by atoms with E-state index in [9.17, 15) is 32.7 Å². The van der Waals surface area contributed by atoms with Crippen LogP contribution in [0.25, 0.3) is 0 Å². The number of nitrogens with zero attached hydrogens (tertiary/aromatic N) is 2. The van der Waals surface area contributed by atoms with Gasteiger partial charge in [0.15, 0.2) is 5.69 Å². The van der Waals surface area contributed by atoms with Crippen molar-refractivity contribution in [3.8, 4) is 5.75 Å². The number of phenols is 1. The molecule has 1 fully saturated rings. The number of anilines is 2. The second kappa shape index (κ2) is 11.3. The third-order valence-corrected chi connectivity index (χ3v) is 6.92. The minimum atomic E-state index is -4.75. The van der Waals surface area contributed by atoms with Crippen molar-refractivity contribution in [3.05, 3.63) is 70.2 Å². The third-order valence-electron chi connectivity index (χ3n) is 6.07. The molecule has 0 bridgehead atoms. The number of nitrogens with two attached hydrogens (primary N) is 2. The summed E-state index contributed by atoms with van der Waals surface area (Å²) in [6.45, 7) is 0.635. The number of carbonyl (C=O) groups is 3. The molecule has 39 heavy (non-hydrogen) atoms. The second-order valence-electron chi connectivity index (χ2n) is 8.74. The van der Waals surface area contributed by atoms with Crippen LogP contribution >= 0.6 is 11.5 Å². The zero-order chi connectivity index (χ0) is 28.3. The number of aromatic hydroxyl groups is 1. The van der Waals surface area contributed by atoms with Gasteiger partial charge >= 0.3 is 6.18 Å². The fourth-order valence-electron chi connectivity index (χ4n) is 4.14. The van der Waals surface area contributed by atoms with Crippen LogP contribution in [0.2, 0.25) is 0 Å². The number of rotatable bonds is 8. The predicted molar refractivity (Wildman–Crippen MR) is 136 cm³/mol. The zero-order valence-corrected chi connectivity index (χ0v) is 21.1. The van der Waals surface area contributed by atoms with Crippen molar-refractivity contribution in [2.24, 2.45) is 5.73 Å². The van der Waals surface area contributed by atoms with Crippen LogP contribution in [0.5, 0.6) is 5.75 Å². The van der Waals surface area contributed by atoms with E-state index in [-0.39, 0.29) is 45.9 Å². The molecule has 2 aromatic carbocycles. The molecule has 2 heterocycles. The highest BCUT2D eigenvalue weighted by atomic mass is 32.1. The molecule has 3 amide bonds.